The van der Waals surface area contributed by atoms with Gasteiger partial charge in [0.1, 0.15) is 0 Å². The van der Waals surface area contributed by atoms with Crippen LogP contribution < -0.4 is 5.32 Å². The lowest BCUT2D eigenvalue weighted by Gasteiger charge is -1.95. The molecule has 0 fully saturated rings. The second kappa shape index (κ2) is 6.32. The summed E-state index contributed by atoms with van der Waals surface area (Å²) >= 11 is 0. The molecule has 1 rings (SSSR count). The van der Waals surface area contributed by atoms with Crippen LogP contribution in [0.15, 0.2) is 24.3 Å². The first-order valence-corrected chi connectivity index (χ1v) is 5.02. The van der Waals surface area contributed by atoms with Gasteiger partial charge < -0.3 is 5.32 Å². The lowest BCUT2D eigenvalue weighted by Crippen LogP contribution is -2.20. The zero-order valence-corrected chi connectivity index (χ0v) is 9.21. The maximum atomic E-state index is 10.6. The molecule has 0 radical (unpaired) electrons. The van der Waals surface area contributed by atoms with Crippen LogP contribution in [0, 0.1) is 24.2 Å². The summed E-state index contributed by atoms with van der Waals surface area (Å²) in [7, 11) is 0. The Kier molecular flexibility index (Phi) is 4.70. The molecular weight excluding hydrogens is 198 g/mol. The van der Waals surface area contributed by atoms with E-state index in [1.165, 1.54) is 6.92 Å². The first-order chi connectivity index (χ1) is 7.72. The molecule has 1 aromatic carbocycles. The van der Waals surface area contributed by atoms with Gasteiger partial charge in [0, 0.05) is 31.0 Å². The predicted octanol–water partition coefficient (Wildman–Crippen LogP) is 1.55. The van der Waals surface area contributed by atoms with Gasteiger partial charge in [0.15, 0.2) is 0 Å². The molecular formula is C14H13NO. The molecule has 0 heterocycles. The SMILES string of the molecule is C#Cc1ccc(C#CCCNC(C)=O)cc1. The monoisotopic (exact) mass is 211 g/mol. The molecule has 1 amide bonds. The molecule has 0 bridgehead atoms. The third kappa shape index (κ3) is 4.35. The van der Waals surface area contributed by atoms with Gasteiger partial charge in [0.2, 0.25) is 5.91 Å². The van der Waals surface area contributed by atoms with Gasteiger partial charge in [-0.05, 0) is 24.3 Å². The number of benzene rings is 1. The first kappa shape index (κ1) is 11.9. The Morgan fingerprint density at radius 1 is 1.31 bits per heavy atom. The van der Waals surface area contributed by atoms with Crippen LogP contribution in [0.5, 0.6) is 0 Å². The average molecular weight is 211 g/mol. The molecule has 0 atom stereocenters. The summed E-state index contributed by atoms with van der Waals surface area (Å²) in [6.07, 6.45) is 5.89. The van der Waals surface area contributed by atoms with Gasteiger partial charge in [0.25, 0.3) is 0 Å². The Balaban J connectivity index is 2.44. The fourth-order valence-electron chi connectivity index (χ4n) is 1.12. The Hall–Kier alpha value is -2.19. The number of hydrogen-bond acceptors (Lipinski definition) is 1. The van der Waals surface area contributed by atoms with E-state index in [4.69, 9.17) is 6.42 Å². The second-order valence-corrected chi connectivity index (χ2v) is 3.26. The standard InChI is InChI=1S/C14H13NO/c1-3-13-7-9-14(10-8-13)6-4-5-11-15-12(2)16/h1,7-10H,5,11H2,2H3,(H,15,16). The third-order valence-corrected chi connectivity index (χ3v) is 1.91. The molecule has 2 heteroatoms. The molecule has 0 aliphatic heterocycles. The highest BCUT2D eigenvalue weighted by molar-refractivity contribution is 5.72. The minimum Gasteiger partial charge on any atom is -0.355 e. The normalized spacial score (nSPS) is 8.50. The molecule has 80 valence electrons. The zero-order chi connectivity index (χ0) is 11.8. The topological polar surface area (TPSA) is 29.1 Å². The lowest BCUT2D eigenvalue weighted by atomic mass is 10.1. The number of rotatable bonds is 2. The van der Waals surface area contributed by atoms with E-state index in [2.05, 4.69) is 23.1 Å². The van der Waals surface area contributed by atoms with Crippen LogP contribution in [0.1, 0.15) is 24.5 Å². The van der Waals surface area contributed by atoms with Gasteiger partial charge in [-0.2, -0.15) is 0 Å². The lowest BCUT2D eigenvalue weighted by molar-refractivity contribution is -0.118. The van der Waals surface area contributed by atoms with Crippen LogP contribution in [-0.2, 0) is 4.79 Å². The molecule has 0 aliphatic carbocycles. The Morgan fingerprint density at radius 2 is 1.94 bits per heavy atom. The quantitative estimate of drug-likeness (QED) is 0.583. The average Bonchev–Trinajstić information content (AvgIpc) is 2.29. The molecule has 1 N–H and O–H groups in total. The molecule has 0 unspecified atom stereocenters. The van der Waals surface area contributed by atoms with E-state index in [0.717, 1.165) is 11.1 Å². The summed E-state index contributed by atoms with van der Waals surface area (Å²) in [5.41, 5.74) is 1.78. The molecule has 0 saturated carbocycles. The third-order valence-electron chi connectivity index (χ3n) is 1.91. The maximum Gasteiger partial charge on any atom is 0.216 e. The Labute approximate surface area is 96.1 Å². The fraction of sp³-hybridized carbons (Fsp3) is 0.214. The largest absolute Gasteiger partial charge is 0.355 e. The number of amides is 1. The zero-order valence-electron chi connectivity index (χ0n) is 9.21. The highest BCUT2D eigenvalue weighted by Gasteiger charge is 1.88. The van der Waals surface area contributed by atoms with Crippen molar-refractivity contribution in [1.82, 2.24) is 5.32 Å². The van der Waals surface area contributed by atoms with Crippen molar-refractivity contribution in [1.29, 1.82) is 0 Å². The minimum atomic E-state index is -0.0276. The van der Waals surface area contributed by atoms with Crippen molar-refractivity contribution >= 4 is 5.91 Å². The summed E-state index contributed by atoms with van der Waals surface area (Å²) in [6.45, 7) is 2.08. The van der Waals surface area contributed by atoms with Gasteiger partial charge in [-0.3, -0.25) is 4.79 Å². The molecule has 0 saturated heterocycles. The van der Waals surface area contributed by atoms with Gasteiger partial charge in [-0.25, -0.2) is 0 Å². The number of terminal acetylenes is 1. The van der Waals surface area contributed by atoms with Crippen molar-refractivity contribution in [3.63, 3.8) is 0 Å². The van der Waals surface area contributed by atoms with E-state index in [9.17, 15) is 4.79 Å². The fourth-order valence-corrected chi connectivity index (χ4v) is 1.12. The van der Waals surface area contributed by atoms with Crippen molar-refractivity contribution < 1.29 is 4.79 Å². The van der Waals surface area contributed by atoms with Crippen LogP contribution in [0.3, 0.4) is 0 Å². The summed E-state index contributed by atoms with van der Waals surface area (Å²) < 4.78 is 0. The smallest absolute Gasteiger partial charge is 0.216 e. The maximum absolute atomic E-state index is 10.6. The minimum absolute atomic E-state index is 0.0276. The Bertz CT molecular complexity index is 454. The molecule has 0 spiro atoms. The van der Waals surface area contributed by atoms with Crippen molar-refractivity contribution in [3.05, 3.63) is 35.4 Å². The van der Waals surface area contributed by atoms with E-state index in [-0.39, 0.29) is 5.91 Å². The summed E-state index contributed by atoms with van der Waals surface area (Å²) in [5, 5.41) is 2.68. The summed E-state index contributed by atoms with van der Waals surface area (Å²) in [6, 6.07) is 7.50. The highest BCUT2D eigenvalue weighted by atomic mass is 16.1. The van der Waals surface area contributed by atoms with E-state index in [1.54, 1.807) is 0 Å². The predicted molar refractivity (Wildman–Crippen MR) is 64.6 cm³/mol. The van der Waals surface area contributed by atoms with Crippen molar-refractivity contribution in [3.8, 4) is 24.2 Å². The van der Waals surface area contributed by atoms with Crippen molar-refractivity contribution in [2.45, 2.75) is 13.3 Å². The number of carbonyl (C=O) groups is 1. The first-order valence-electron chi connectivity index (χ1n) is 5.02. The van der Waals surface area contributed by atoms with E-state index >= 15 is 0 Å². The van der Waals surface area contributed by atoms with Gasteiger partial charge in [0.05, 0.1) is 0 Å². The van der Waals surface area contributed by atoms with Gasteiger partial charge in [-0.1, -0.05) is 17.8 Å². The number of carbonyl (C=O) groups excluding carboxylic acids is 1. The number of nitrogens with one attached hydrogen (secondary N) is 1. The van der Waals surface area contributed by atoms with Crippen molar-refractivity contribution in [2.75, 3.05) is 6.54 Å². The van der Waals surface area contributed by atoms with E-state index < -0.39 is 0 Å². The second-order valence-electron chi connectivity index (χ2n) is 3.26. The van der Waals surface area contributed by atoms with Crippen LogP contribution in [-0.4, -0.2) is 12.5 Å². The number of hydrogen-bond donors (Lipinski definition) is 1. The van der Waals surface area contributed by atoms with Gasteiger partial charge >= 0.3 is 0 Å². The van der Waals surface area contributed by atoms with Crippen LogP contribution in [0.25, 0.3) is 0 Å². The van der Waals surface area contributed by atoms with E-state index in [1.807, 2.05) is 24.3 Å². The highest BCUT2D eigenvalue weighted by Crippen LogP contribution is 2.01. The van der Waals surface area contributed by atoms with E-state index in [0.29, 0.717) is 13.0 Å². The van der Waals surface area contributed by atoms with Crippen LogP contribution >= 0.6 is 0 Å². The van der Waals surface area contributed by atoms with Gasteiger partial charge in [-0.15, -0.1) is 6.42 Å². The molecule has 2 nitrogen and oxygen atoms in total. The van der Waals surface area contributed by atoms with Crippen LogP contribution in [0.2, 0.25) is 0 Å². The van der Waals surface area contributed by atoms with Crippen molar-refractivity contribution in [2.24, 2.45) is 0 Å². The molecule has 0 aromatic heterocycles. The molecule has 1 aromatic rings. The molecule has 16 heavy (non-hydrogen) atoms. The Morgan fingerprint density at radius 3 is 2.50 bits per heavy atom. The molecule has 0 aliphatic rings. The summed E-state index contributed by atoms with van der Waals surface area (Å²) in [5.74, 6) is 8.50. The summed E-state index contributed by atoms with van der Waals surface area (Å²) in [4.78, 5) is 10.6. The van der Waals surface area contributed by atoms with Crippen LogP contribution in [0.4, 0.5) is 0 Å².